The van der Waals surface area contributed by atoms with Crippen LogP contribution in [0.15, 0.2) is 23.6 Å². The van der Waals surface area contributed by atoms with Crippen molar-refractivity contribution in [2.45, 2.75) is 44.9 Å². The Balaban J connectivity index is 1.52. The molecule has 4 aliphatic rings. The van der Waals surface area contributed by atoms with Gasteiger partial charge in [0.1, 0.15) is 5.65 Å². The minimum Gasteiger partial charge on any atom is -0.412 e. The third-order valence-electron chi connectivity index (χ3n) is 7.74. The van der Waals surface area contributed by atoms with Gasteiger partial charge in [-0.3, -0.25) is 0 Å². The van der Waals surface area contributed by atoms with Crippen molar-refractivity contribution in [2.75, 3.05) is 19.8 Å². The average molecular weight is 392 g/mol. The molecule has 2 aromatic rings. The van der Waals surface area contributed by atoms with Gasteiger partial charge in [0.05, 0.1) is 5.71 Å². The van der Waals surface area contributed by atoms with E-state index in [9.17, 15) is 5.11 Å². The summed E-state index contributed by atoms with van der Waals surface area (Å²) in [6.07, 6.45) is 12.4. The van der Waals surface area contributed by atoms with E-state index in [-0.39, 0.29) is 13.7 Å². The summed E-state index contributed by atoms with van der Waals surface area (Å²) in [4.78, 5) is 10.1. The molecule has 7 heteroatoms. The Morgan fingerprint density at radius 1 is 1.28 bits per heavy atom. The molecule has 3 unspecified atom stereocenters. The van der Waals surface area contributed by atoms with E-state index in [1.165, 1.54) is 48.8 Å². The van der Waals surface area contributed by atoms with E-state index in [0.717, 1.165) is 42.9 Å². The normalized spacial score (nSPS) is 31.4. The summed E-state index contributed by atoms with van der Waals surface area (Å²) in [5.41, 5.74) is 4.58. The van der Waals surface area contributed by atoms with Gasteiger partial charge in [-0.15, -0.1) is 0 Å². The van der Waals surface area contributed by atoms with Crippen molar-refractivity contribution in [2.24, 2.45) is 28.8 Å². The largest absolute Gasteiger partial charge is 0.471 e. The first-order valence-corrected chi connectivity index (χ1v) is 11.4. The number of aromatic amines is 1. The highest BCUT2D eigenvalue weighted by molar-refractivity contribution is 6.67. The number of H-pyrrole nitrogens is 1. The maximum absolute atomic E-state index is 9.83. The number of pyridine rings is 1. The van der Waals surface area contributed by atoms with Gasteiger partial charge in [-0.05, 0) is 55.9 Å². The number of fused-ring (bicyclic) bond motifs is 7. The van der Waals surface area contributed by atoms with Crippen LogP contribution in [0.2, 0.25) is 0 Å². The topological polar surface area (TPSA) is 73.7 Å². The number of nitrogens with one attached hydrogen (secondary N) is 1. The number of rotatable bonds is 3. The Kier molecular flexibility index (Phi) is 4.42. The summed E-state index contributed by atoms with van der Waals surface area (Å²) >= 11 is 0. The number of hydrogen-bond acceptors (Lipinski definition) is 5. The van der Waals surface area contributed by atoms with E-state index in [2.05, 4.69) is 21.0 Å². The second kappa shape index (κ2) is 7.13. The minimum atomic E-state index is -0.117. The molecule has 2 N–H and O–H groups in total. The van der Waals surface area contributed by atoms with Gasteiger partial charge >= 0.3 is 7.05 Å². The van der Waals surface area contributed by atoms with Crippen molar-refractivity contribution in [3.05, 3.63) is 24.0 Å². The van der Waals surface area contributed by atoms with Crippen molar-refractivity contribution in [3.8, 4) is 0 Å². The summed E-state index contributed by atoms with van der Waals surface area (Å²) in [6.45, 7) is 1.98. The molecule has 6 nitrogen and oxygen atoms in total. The third-order valence-corrected chi connectivity index (χ3v) is 7.74. The lowest BCUT2D eigenvalue weighted by Crippen LogP contribution is -2.58. The Morgan fingerprint density at radius 2 is 2.24 bits per heavy atom. The number of aliphatic hydroxyl groups is 1. The summed E-state index contributed by atoms with van der Waals surface area (Å²) in [7, 11) is -0.117. The molecular weight excluding hydrogens is 363 g/mol. The van der Waals surface area contributed by atoms with Gasteiger partial charge in [-0.2, -0.15) is 5.10 Å². The zero-order chi connectivity index (χ0) is 19.4. The highest BCUT2D eigenvalue weighted by Crippen LogP contribution is 2.49. The van der Waals surface area contributed by atoms with Crippen molar-refractivity contribution in [1.82, 2.24) is 14.9 Å². The smallest absolute Gasteiger partial charge is 0.412 e. The standard InChI is InChI=1S/C22H29BN4O2/c28-9-6-16-12-14-3-1-4-15(11-14)19(16)21-20-17-5-7-24-22(17)25-13-18(20)23-27(26-21)8-2-10-29-23/h5,7,13-16,19,28H,1-4,6,8-12H2,(H,24,25)/t14?,15?,16?,19-/m1/s1. The molecule has 0 radical (unpaired) electrons. The molecule has 2 saturated carbocycles. The van der Waals surface area contributed by atoms with Crippen LogP contribution in [0.4, 0.5) is 0 Å². The van der Waals surface area contributed by atoms with Gasteiger partial charge in [-0.1, -0.05) is 12.8 Å². The van der Waals surface area contributed by atoms with E-state index in [1.807, 2.05) is 12.4 Å². The monoisotopic (exact) mass is 392 g/mol. The fourth-order valence-corrected chi connectivity index (χ4v) is 6.64. The van der Waals surface area contributed by atoms with Crippen LogP contribution in [0.25, 0.3) is 11.0 Å². The quantitative estimate of drug-likeness (QED) is 0.788. The Labute approximate surface area is 171 Å². The van der Waals surface area contributed by atoms with E-state index in [1.54, 1.807) is 0 Å². The number of nitrogens with zero attached hydrogens (tertiary/aromatic N) is 3. The number of hydrogen-bond donors (Lipinski definition) is 2. The van der Waals surface area contributed by atoms with Crippen molar-refractivity contribution >= 4 is 29.3 Å². The zero-order valence-electron chi connectivity index (χ0n) is 16.9. The summed E-state index contributed by atoms with van der Waals surface area (Å²) in [5, 5.41) is 16.3. The lowest BCUT2D eigenvalue weighted by molar-refractivity contribution is 0.0826. The van der Waals surface area contributed by atoms with Crippen LogP contribution in [0.5, 0.6) is 0 Å². The van der Waals surface area contributed by atoms with Crippen LogP contribution in [0.3, 0.4) is 0 Å². The van der Waals surface area contributed by atoms with Gasteiger partial charge in [0.25, 0.3) is 0 Å². The molecule has 0 aromatic carbocycles. The van der Waals surface area contributed by atoms with Crippen LogP contribution >= 0.6 is 0 Å². The predicted octanol–water partition coefficient (Wildman–Crippen LogP) is 2.52. The van der Waals surface area contributed by atoms with Gasteiger partial charge in [0, 0.05) is 54.5 Å². The summed E-state index contributed by atoms with van der Waals surface area (Å²) in [5.74, 6) is 2.44. The molecule has 2 aliphatic carbocycles. The molecule has 1 saturated heterocycles. The molecule has 152 valence electrons. The molecule has 0 amide bonds. The summed E-state index contributed by atoms with van der Waals surface area (Å²) in [6, 6.07) is 2.14. The first kappa shape index (κ1) is 18.0. The van der Waals surface area contributed by atoms with Gasteiger partial charge in [0.15, 0.2) is 0 Å². The molecule has 4 heterocycles. The summed E-state index contributed by atoms with van der Waals surface area (Å²) < 4.78 is 6.15. The molecule has 4 atom stereocenters. The predicted molar refractivity (Wildman–Crippen MR) is 114 cm³/mol. The van der Waals surface area contributed by atoms with E-state index < -0.39 is 0 Å². The Hall–Kier alpha value is -1.86. The second-order valence-corrected chi connectivity index (χ2v) is 9.38. The maximum atomic E-state index is 9.83. The van der Waals surface area contributed by atoms with Crippen LogP contribution < -0.4 is 5.46 Å². The molecule has 2 aliphatic heterocycles. The third kappa shape index (κ3) is 2.85. The first-order valence-electron chi connectivity index (χ1n) is 11.4. The molecule has 3 fully saturated rings. The molecule has 0 spiro atoms. The number of aliphatic hydroxyl groups excluding tert-OH is 1. The van der Waals surface area contributed by atoms with E-state index in [4.69, 9.17) is 9.76 Å². The number of hydrazone groups is 1. The lowest BCUT2D eigenvalue weighted by Gasteiger charge is -2.47. The zero-order valence-corrected chi connectivity index (χ0v) is 16.9. The molecule has 29 heavy (non-hydrogen) atoms. The Morgan fingerprint density at radius 3 is 3.17 bits per heavy atom. The van der Waals surface area contributed by atoms with Crippen LogP contribution in [0.1, 0.15) is 50.5 Å². The van der Waals surface area contributed by atoms with Crippen LogP contribution in [-0.2, 0) is 4.65 Å². The number of aromatic nitrogens is 2. The first-order chi connectivity index (χ1) is 14.3. The SMILES string of the molecule is OCCC1CC2CCCC(C2)[C@H]1C1=NN2CCCOB2c2cnc3[nH]ccc3c21. The van der Waals surface area contributed by atoms with Crippen molar-refractivity contribution in [3.63, 3.8) is 0 Å². The van der Waals surface area contributed by atoms with Crippen molar-refractivity contribution in [1.29, 1.82) is 0 Å². The molecule has 2 bridgehead atoms. The van der Waals surface area contributed by atoms with E-state index >= 15 is 0 Å². The Bertz CT molecular complexity index is 944. The lowest BCUT2D eigenvalue weighted by atomic mass is 9.57. The molecule has 2 aromatic heterocycles. The van der Waals surface area contributed by atoms with Crippen LogP contribution in [0, 0.1) is 23.7 Å². The maximum Gasteiger partial charge on any atom is 0.471 e. The fourth-order valence-electron chi connectivity index (χ4n) is 6.64. The van der Waals surface area contributed by atoms with Gasteiger partial charge in [-0.25, -0.2) is 4.98 Å². The van der Waals surface area contributed by atoms with Crippen molar-refractivity contribution < 1.29 is 9.76 Å². The van der Waals surface area contributed by atoms with Crippen LogP contribution in [-0.4, -0.2) is 52.5 Å². The highest BCUT2D eigenvalue weighted by atomic mass is 16.4. The molecular formula is C22H29BN4O2. The van der Waals surface area contributed by atoms with E-state index in [0.29, 0.717) is 17.8 Å². The fraction of sp³-hybridized carbons (Fsp3) is 0.636. The molecule has 6 rings (SSSR count). The van der Waals surface area contributed by atoms with Gasteiger partial charge in [0.2, 0.25) is 0 Å². The highest BCUT2D eigenvalue weighted by Gasteiger charge is 2.47. The van der Waals surface area contributed by atoms with Gasteiger partial charge < -0.3 is 19.7 Å². The minimum absolute atomic E-state index is 0.117. The average Bonchev–Trinajstić information content (AvgIpc) is 3.23. The second-order valence-electron chi connectivity index (χ2n) is 9.38.